The maximum atomic E-state index is 10.5. The summed E-state index contributed by atoms with van der Waals surface area (Å²) in [5, 5.41) is 8.68. The van der Waals surface area contributed by atoms with Gasteiger partial charge in [-0.05, 0) is 31.6 Å². The Balaban J connectivity index is 2.02. The number of hydrogen-bond donors (Lipinski definition) is 1. The van der Waals surface area contributed by atoms with Crippen LogP contribution < -0.4 is 0 Å². The largest absolute Gasteiger partial charge is 0.479 e. The highest BCUT2D eigenvalue weighted by Crippen LogP contribution is 2.37. The van der Waals surface area contributed by atoms with Gasteiger partial charge >= 0.3 is 5.97 Å². The van der Waals surface area contributed by atoms with E-state index in [9.17, 15) is 4.79 Å². The summed E-state index contributed by atoms with van der Waals surface area (Å²) in [4.78, 5) is 10.5. The molecular formula is C8H12O3. The third-order valence-electron chi connectivity index (χ3n) is 2.67. The predicted octanol–water partition coefficient (Wildman–Crippen LogP) is 1.03. The molecule has 1 aliphatic carbocycles. The number of hydrogen-bond acceptors (Lipinski definition) is 2. The van der Waals surface area contributed by atoms with Crippen molar-refractivity contribution in [3.05, 3.63) is 0 Å². The van der Waals surface area contributed by atoms with Gasteiger partial charge in [0.15, 0.2) is 6.10 Å². The lowest BCUT2D eigenvalue weighted by molar-refractivity contribution is -0.158. The van der Waals surface area contributed by atoms with Crippen LogP contribution in [0.25, 0.3) is 0 Å². The second-order valence-electron chi connectivity index (χ2n) is 3.50. The van der Waals surface area contributed by atoms with Crippen LogP contribution in [0.5, 0.6) is 0 Å². The van der Waals surface area contributed by atoms with Crippen LogP contribution in [0, 0.1) is 5.92 Å². The number of rotatable bonds is 1. The van der Waals surface area contributed by atoms with Gasteiger partial charge in [-0.1, -0.05) is 0 Å². The Labute approximate surface area is 65.4 Å². The van der Waals surface area contributed by atoms with E-state index in [1.54, 1.807) is 0 Å². The van der Waals surface area contributed by atoms with E-state index in [4.69, 9.17) is 9.84 Å². The molecule has 3 heteroatoms. The van der Waals surface area contributed by atoms with E-state index < -0.39 is 12.1 Å². The van der Waals surface area contributed by atoms with Crippen molar-refractivity contribution < 1.29 is 14.6 Å². The molecule has 0 aromatic heterocycles. The Morgan fingerprint density at radius 3 is 2.82 bits per heavy atom. The van der Waals surface area contributed by atoms with Crippen molar-refractivity contribution in [1.82, 2.24) is 0 Å². The second kappa shape index (κ2) is 2.48. The molecule has 3 nitrogen and oxygen atoms in total. The van der Waals surface area contributed by atoms with E-state index in [-0.39, 0.29) is 6.10 Å². The lowest BCUT2D eigenvalue weighted by Crippen LogP contribution is -2.33. The normalized spacial score (nSPS) is 42.4. The first-order valence-corrected chi connectivity index (χ1v) is 4.14. The molecule has 3 atom stereocenters. The highest BCUT2D eigenvalue weighted by molar-refractivity contribution is 5.72. The maximum Gasteiger partial charge on any atom is 0.332 e. The molecule has 11 heavy (non-hydrogen) atoms. The van der Waals surface area contributed by atoms with Crippen LogP contribution in [-0.2, 0) is 9.53 Å². The molecule has 2 rings (SSSR count). The molecule has 2 aliphatic rings. The van der Waals surface area contributed by atoms with Gasteiger partial charge in [-0.25, -0.2) is 4.79 Å². The van der Waals surface area contributed by atoms with E-state index in [0.717, 1.165) is 25.7 Å². The summed E-state index contributed by atoms with van der Waals surface area (Å²) < 4.78 is 5.34. The number of fused-ring (bicyclic) bond motifs is 2. The minimum Gasteiger partial charge on any atom is -0.479 e. The van der Waals surface area contributed by atoms with Gasteiger partial charge in [0, 0.05) is 0 Å². The van der Waals surface area contributed by atoms with Crippen molar-refractivity contribution in [2.45, 2.75) is 37.9 Å². The Morgan fingerprint density at radius 2 is 2.18 bits per heavy atom. The highest BCUT2D eigenvalue weighted by Gasteiger charge is 2.37. The zero-order valence-electron chi connectivity index (χ0n) is 6.32. The molecule has 2 bridgehead atoms. The van der Waals surface area contributed by atoms with E-state index in [0.29, 0.717) is 5.92 Å². The monoisotopic (exact) mass is 156 g/mol. The van der Waals surface area contributed by atoms with Crippen LogP contribution in [0.2, 0.25) is 0 Å². The van der Waals surface area contributed by atoms with Gasteiger partial charge in [0.1, 0.15) is 0 Å². The van der Waals surface area contributed by atoms with E-state index >= 15 is 0 Å². The quantitative estimate of drug-likeness (QED) is 0.616. The van der Waals surface area contributed by atoms with Crippen molar-refractivity contribution >= 4 is 5.97 Å². The Morgan fingerprint density at radius 1 is 1.36 bits per heavy atom. The van der Waals surface area contributed by atoms with Crippen molar-refractivity contribution in [1.29, 1.82) is 0 Å². The van der Waals surface area contributed by atoms with Gasteiger partial charge in [-0.15, -0.1) is 0 Å². The van der Waals surface area contributed by atoms with Crippen molar-refractivity contribution in [2.24, 2.45) is 5.92 Å². The van der Waals surface area contributed by atoms with Gasteiger partial charge in [0.05, 0.1) is 6.10 Å². The maximum absolute atomic E-state index is 10.5. The number of ether oxygens (including phenoxy) is 1. The zero-order chi connectivity index (χ0) is 7.84. The summed E-state index contributed by atoms with van der Waals surface area (Å²) in [6.07, 6.45) is 3.77. The predicted molar refractivity (Wildman–Crippen MR) is 38.3 cm³/mol. The van der Waals surface area contributed by atoms with Crippen molar-refractivity contribution in [3.8, 4) is 0 Å². The smallest absolute Gasteiger partial charge is 0.332 e. The lowest BCUT2D eigenvalue weighted by atomic mass is 9.98. The van der Waals surface area contributed by atoms with Gasteiger partial charge < -0.3 is 9.84 Å². The molecule has 1 saturated heterocycles. The van der Waals surface area contributed by atoms with Gasteiger partial charge in [-0.3, -0.25) is 0 Å². The Bertz CT molecular complexity index is 166. The summed E-state index contributed by atoms with van der Waals surface area (Å²) in [6.45, 7) is 0. The van der Waals surface area contributed by atoms with Crippen LogP contribution >= 0.6 is 0 Å². The number of carbonyl (C=O) groups is 1. The third kappa shape index (κ3) is 1.25. The summed E-state index contributed by atoms with van der Waals surface area (Å²) in [5.74, 6) is -0.170. The van der Waals surface area contributed by atoms with Gasteiger partial charge in [0.25, 0.3) is 0 Å². The molecule has 1 heterocycles. The minimum atomic E-state index is -0.790. The fraction of sp³-hybridized carbons (Fsp3) is 0.875. The first-order valence-electron chi connectivity index (χ1n) is 4.14. The highest BCUT2D eigenvalue weighted by atomic mass is 16.5. The lowest BCUT2D eigenvalue weighted by Gasteiger charge is -2.25. The second-order valence-corrected chi connectivity index (χ2v) is 3.50. The summed E-state index contributed by atoms with van der Waals surface area (Å²) >= 11 is 0. The van der Waals surface area contributed by atoms with Crippen LogP contribution in [0.3, 0.4) is 0 Å². The van der Waals surface area contributed by atoms with E-state index in [1.165, 1.54) is 0 Å². The molecule has 0 aromatic rings. The molecule has 0 aromatic carbocycles. The molecule has 2 fully saturated rings. The van der Waals surface area contributed by atoms with Gasteiger partial charge in [-0.2, -0.15) is 0 Å². The fourth-order valence-electron chi connectivity index (χ4n) is 2.12. The molecule has 1 saturated carbocycles. The summed E-state index contributed by atoms with van der Waals surface area (Å²) in [6, 6.07) is 0. The van der Waals surface area contributed by atoms with Crippen LogP contribution in [0.15, 0.2) is 0 Å². The average Bonchev–Trinajstić information content (AvgIpc) is 2.30. The SMILES string of the molecule is O=C(O)C1CC2CCC(C2)O1. The number of aliphatic carboxylic acids is 1. The molecular weight excluding hydrogens is 144 g/mol. The van der Waals surface area contributed by atoms with Gasteiger partial charge in [0.2, 0.25) is 0 Å². The minimum absolute atomic E-state index is 0.245. The standard InChI is InChI=1S/C8H12O3/c9-8(10)7-4-5-1-2-6(3-5)11-7/h5-7H,1-4H2,(H,9,10). The number of carboxylic acid groups (broad SMARTS) is 1. The molecule has 1 aliphatic heterocycles. The molecule has 0 spiro atoms. The molecule has 3 unspecified atom stereocenters. The van der Waals surface area contributed by atoms with E-state index in [1.807, 2.05) is 0 Å². The first-order chi connectivity index (χ1) is 5.25. The number of carboxylic acids is 1. The fourth-order valence-corrected chi connectivity index (χ4v) is 2.12. The Kier molecular flexibility index (Phi) is 1.60. The first kappa shape index (κ1) is 7.10. The molecule has 62 valence electrons. The average molecular weight is 156 g/mol. The van der Waals surface area contributed by atoms with Crippen molar-refractivity contribution in [2.75, 3.05) is 0 Å². The topological polar surface area (TPSA) is 46.5 Å². The van der Waals surface area contributed by atoms with Crippen LogP contribution in [-0.4, -0.2) is 23.3 Å². The molecule has 0 radical (unpaired) electrons. The van der Waals surface area contributed by atoms with Crippen LogP contribution in [0.1, 0.15) is 25.7 Å². The zero-order valence-corrected chi connectivity index (χ0v) is 6.32. The van der Waals surface area contributed by atoms with Crippen molar-refractivity contribution in [3.63, 3.8) is 0 Å². The Hall–Kier alpha value is -0.570. The third-order valence-corrected chi connectivity index (χ3v) is 2.67. The van der Waals surface area contributed by atoms with Crippen LogP contribution in [0.4, 0.5) is 0 Å². The summed E-state index contributed by atoms with van der Waals surface area (Å²) in [5.41, 5.74) is 0. The molecule has 0 amide bonds. The molecule has 1 N–H and O–H groups in total. The summed E-state index contributed by atoms with van der Waals surface area (Å²) in [7, 11) is 0. The van der Waals surface area contributed by atoms with E-state index in [2.05, 4.69) is 0 Å².